The molecule has 0 radical (unpaired) electrons. The molecule has 170 valence electrons. The monoisotopic (exact) mass is 428 g/mol. The molecule has 7 nitrogen and oxygen atoms in total. The van der Waals surface area contributed by atoms with E-state index in [1.165, 1.54) is 5.56 Å². The standard InChI is InChI=1S/C24H36N4O3/c1-17(19-11-9-8-10-12-19)28-24(2,3)16-27-23(25-4)26-15-18-13-20(29-5)22(31-7)21(14-18)30-6/h8-14,17,28H,15-16H2,1-7H3,(H2,25,26,27). The number of nitrogens with one attached hydrogen (secondary N) is 3. The first-order chi connectivity index (χ1) is 14.8. The van der Waals surface area contributed by atoms with Crippen LogP contribution in [0.3, 0.4) is 0 Å². The minimum Gasteiger partial charge on any atom is -0.493 e. The minimum atomic E-state index is -0.139. The molecule has 2 aromatic carbocycles. The van der Waals surface area contributed by atoms with Gasteiger partial charge in [0, 0.05) is 31.7 Å². The lowest BCUT2D eigenvalue weighted by Crippen LogP contribution is -2.52. The number of hydrogen-bond acceptors (Lipinski definition) is 5. The molecule has 0 amide bonds. The van der Waals surface area contributed by atoms with Crippen molar-refractivity contribution in [3.8, 4) is 17.2 Å². The van der Waals surface area contributed by atoms with Crippen LogP contribution in [0.25, 0.3) is 0 Å². The number of hydrogen-bond donors (Lipinski definition) is 3. The Morgan fingerprint density at radius 3 is 2.10 bits per heavy atom. The summed E-state index contributed by atoms with van der Waals surface area (Å²) in [6.07, 6.45) is 0. The lowest BCUT2D eigenvalue weighted by atomic mass is 10.0. The molecule has 0 fully saturated rings. The Bertz CT molecular complexity index is 828. The van der Waals surface area contributed by atoms with Gasteiger partial charge in [0.2, 0.25) is 5.75 Å². The summed E-state index contributed by atoms with van der Waals surface area (Å²) in [4.78, 5) is 4.34. The predicted molar refractivity (Wildman–Crippen MR) is 126 cm³/mol. The van der Waals surface area contributed by atoms with Gasteiger partial charge in [-0.3, -0.25) is 4.99 Å². The van der Waals surface area contributed by atoms with Crippen LogP contribution in [0.15, 0.2) is 47.5 Å². The topological polar surface area (TPSA) is 76.1 Å². The first-order valence-electron chi connectivity index (χ1n) is 10.4. The Balaban J connectivity index is 1.95. The molecule has 0 aromatic heterocycles. The summed E-state index contributed by atoms with van der Waals surface area (Å²) in [5.74, 6) is 2.55. The van der Waals surface area contributed by atoms with Crippen molar-refractivity contribution >= 4 is 5.96 Å². The molecular weight excluding hydrogens is 392 g/mol. The molecule has 1 atom stereocenters. The van der Waals surface area contributed by atoms with Gasteiger partial charge in [0.1, 0.15) is 0 Å². The van der Waals surface area contributed by atoms with E-state index in [4.69, 9.17) is 14.2 Å². The van der Waals surface area contributed by atoms with Crippen molar-refractivity contribution < 1.29 is 14.2 Å². The van der Waals surface area contributed by atoms with Crippen molar-refractivity contribution in [2.24, 2.45) is 4.99 Å². The summed E-state index contributed by atoms with van der Waals surface area (Å²) in [6, 6.07) is 14.5. The second-order valence-corrected chi connectivity index (χ2v) is 7.97. The molecular formula is C24H36N4O3. The lowest BCUT2D eigenvalue weighted by Gasteiger charge is -2.31. The Hall–Kier alpha value is -2.93. The van der Waals surface area contributed by atoms with Crippen LogP contribution in [0.1, 0.15) is 37.9 Å². The highest BCUT2D eigenvalue weighted by Crippen LogP contribution is 2.38. The number of nitrogens with zero attached hydrogens (tertiary/aromatic N) is 1. The molecule has 0 heterocycles. The highest BCUT2D eigenvalue weighted by molar-refractivity contribution is 5.79. The molecule has 2 rings (SSSR count). The fourth-order valence-electron chi connectivity index (χ4n) is 3.41. The van der Waals surface area contributed by atoms with Gasteiger partial charge in [-0.15, -0.1) is 0 Å². The largest absolute Gasteiger partial charge is 0.493 e. The molecule has 2 aromatic rings. The summed E-state index contributed by atoms with van der Waals surface area (Å²) < 4.78 is 16.2. The Labute approximate surface area is 186 Å². The van der Waals surface area contributed by atoms with E-state index in [0.29, 0.717) is 30.3 Å². The zero-order valence-corrected chi connectivity index (χ0v) is 19.7. The molecule has 0 saturated heterocycles. The SMILES string of the molecule is CN=C(NCc1cc(OC)c(OC)c(OC)c1)NCC(C)(C)NC(C)c1ccccc1. The molecule has 0 aliphatic rings. The van der Waals surface area contributed by atoms with Gasteiger partial charge >= 0.3 is 0 Å². The molecule has 7 heteroatoms. The zero-order chi connectivity index (χ0) is 22.9. The van der Waals surface area contributed by atoms with E-state index in [9.17, 15) is 0 Å². The normalized spacial score (nSPS) is 12.8. The first-order valence-corrected chi connectivity index (χ1v) is 10.4. The van der Waals surface area contributed by atoms with E-state index in [0.717, 1.165) is 11.5 Å². The fraction of sp³-hybridized carbons (Fsp3) is 0.458. The van der Waals surface area contributed by atoms with Crippen LogP contribution < -0.4 is 30.2 Å². The average Bonchev–Trinajstić information content (AvgIpc) is 2.78. The van der Waals surface area contributed by atoms with E-state index in [-0.39, 0.29) is 11.6 Å². The van der Waals surface area contributed by atoms with Gasteiger partial charge in [0.25, 0.3) is 0 Å². The summed E-state index contributed by atoms with van der Waals surface area (Å²) in [6.45, 7) is 7.79. The Morgan fingerprint density at radius 2 is 1.58 bits per heavy atom. The van der Waals surface area contributed by atoms with Crippen molar-refractivity contribution in [1.29, 1.82) is 0 Å². The Kier molecular flexibility index (Phi) is 9.00. The van der Waals surface area contributed by atoms with E-state index >= 15 is 0 Å². The third-order valence-electron chi connectivity index (χ3n) is 5.01. The van der Waals surface area contributed by atoms with Crippen molar-refractivity contribution in [3.63, 3.8) is 0 Å². The summed E-state index contributed by atoms with van der Waals surface area (Å²) in [7, 11) is 6.58. The van der Waals surface area contributed by atoms with E-state index in [1.54, 1.807) is 28.4 Å². The molecule has 0 spiro atoms. The van der Waals surface area contributed by atoms with Crippen molar-refractivity contribution in [2.45, 2.75) is 38.9 Å². The van der Waals surface area contributed by atoms with Gasteiger partial charge in [-0.1, -0.05) is 30.3 Å². The average molecular weight is 429 g/mol. The number of aliphatic imine (C=N–C) groups is 1. The van der Waals surface area contributed by atoms with Crippen LogP contribution in [0.2, 0.25) is 0 Å². The zero-order valence-electron chi connectivity index (χ0n) is 19.7. The lowest BCUT2D eigenvalue weighted by molar-refractivity contribution is 0.323. The van der Waals surface area contributed by atoms with Crippen LogP contribution in [-0.4, -0.2) is 46.4 Å². The van der Waals surface area contributed by atoms with Gasteiger partial charge < -0.3 is 30.2 Å². The van der Waals surface area contributed by atoms with Gasteiger partial charge in [0.15, 0.2) is 17.5 Å². The third kappa shape index (κ3) is 7.07. The van der Waals surface area contributed by atoms with Crippen LogP contribution in [0.4, 0.5) is 0 Å². The van der Waals surface area contributed by atoms with Gasteiger partial charge in [-0.05, 0) is 44.0 Å². The van der Waals surface area contributed by atoms with Crippen molar-refractivity contribution in [1.82, 2.24) is 16.0 Å². The number of methoxy groups -OCH3 is 3. The number of benzene rings is 2. The molecule has 31 heavy (non-hydrogen) atoms. The second-order valence-electron chi connectivity index (χ2n) is 7.97. The quantitative estimate of drug-likeness (QED) is 0.397. The molecule has 3 N–H and O–H groups in total. The van der Waals surface area contributed by atoms with Crippen LogP contribution in [-0.2, 0) is 6.54 Å². The van der Waals surface area contributed by atoms with Gasteiger partial charge in [0.05, 0.1) is 21.3 Å². The first kappa shape index (κ1) is 24.3. The highest BCUT2D eigenvalue weighted by Gasteiger charge is 2.21. The minimum absolute atomic E-state index is 0.139. The molecule has 1 unspecified atom stereocenters. The fourth-order valence-corrected chi connectivity index (χ4v) is 3.41. The van der Waals surface area contributed by atoms with E-state index in [1.807, 2.05) is 18.2 Å². The summed E-state index contributed by atoms with van der Waals surface area (Å²) in [5, 5.41) is 10.4. The Morgan fingerprint density at radius 1 is 0.968 bits per heavy atom. The van der Waals surface area contributed by atoms with Crippen LogP contribution in [0.5, 0.6) is 17.2 Å². The van der Waals surface area contributed by atoms with E-state index in [2.05, 4.69) is 66.0 Å². The number of ether oxygens (including phenoxy) is 3. The summed E-state index contributed by atoms with van der Waals surface area (Å²) in [5.41, 5.74) is 2.12. The molecule has 0 saturated carbocycles. The predicted octanol–water partition coefficient (Wildman–Crippen LogP) is 3.51. The van der Waals surface area contributed by atoms with Crippen LogP contribution in [0, 0.1) is 0 Å². The molecule has 0 bridgehead atoms. The van der Waals surface area contributed by atoms with Gasteiger partial charge in [-0.2, -0.15) is 0 Å². The number of rotatable bonds is 10. The maximum atomic E-state index is 5.43. The highest BCUT2D eigenvalue weighted by atomic mass is 16.5. The summed E-state index contributed by atoms with van der Waals surface area (Å²) >= 11 is 0. The van der Waals surface area contributed by atoms with Gasteiger partial charge in [-0.25, -0.2) is 0 Å². The maximum Gasteiger partial charge on any atom is 0.203 e. The smallest absolute Gasteiger partial charge is 0.203 e. The molecule has 0 aliphatic carbocycles. The second kappa shape index (κ2) is 11.5. The van der Waals surface area contributed by atoms with Crippen molar-refractivity contribution in [3.05, 3.63) is 53.6 Å². The van der Waals surface area contributed by atoms with E-state index < -0.39 is 0 Å². The van der Waals surface area contributed by atoms with Crippen molar-refractivity contribution in [2.75, 3.05) is 34.9 Å². The van der Waals surface area contributed by atoms with Crippen LogP contribution >= 0.6 is 0 Å². The molecule has 0 aliphatic heterocycles. The number of guanidine groups is 1. The maximum absolute atomic E-state index is 5.43. The third-order valence-corrected chi connectivity index (χ3v) is 5.01.